The van der Waals surface area contributed by atoms with Gasteiger partial charge in [-0.2, -0.15) is 4.98 Å². The van der Waals surface area contributed by atoms with Gasteiger partial charge >= 0.3 is 0 Å². The van der Waals surface area contributed by atoms with Gasteiger partial charge < -0.3 is 20.3 Å². The van der Waals surface area contributed by atoms with Crippen LogP contribution >= 0.6 is 0 Å². The molecule has 0 atom stereocenters. The number of hydrogen-bond donors (Lipinski definition) is 2. The zero-order valence-corrected chi connectivity index (χ0v) is 16.7. The SMILES string of the molecule is Cc1nc(OCCNC(=O)CNC(=O)c2ccccc2)cc(N2CCCCC2)n1. The summed E-state index contributed by atoms with van der Waals surface area (Å²) >= 11 is 0. The first kappa shape index (κ1) is 20.6. The molecule has 1 aliphatic rings. The first-order chi connectivity index (χ1) is 14.1. The monoisotopic (exact) mass is 397 g/mol. The number of carbonyl (C=O) groups is 2. The standard InChI is InChI=1S/C21H27N5O3/c1-16-24-18(26-11-6-3-7-12-26)14-20(25-16)29-13-10-22-19(27)15-23-21(28)17-8-4-2-5-9-17/h2,4-5,8-9,14H,3,6-7,10-13,15H2,1H3,(H,22,27)(H,23,28). The van der Waals surface area contributed by atoms with Gasteiger partial charge in [0.25, 0.3) is 5.91 Å². The number of benzene rings is 1. The molecule has 0 saturated carbocycles. The molecule has 2 aromatic rings. The number of ether oxygens (including phenoxy) is 1. The lowest BCUT2D eigenvalue weighted by molar-refractivity contribution is -0.120. The molecule has 1 aromatic carbocycles. The molecular weight excluding hydrogens is 370 g/mol. The molecule has 8 heteroatoms. The Hall–Kier alpha value is -3.16. The zero-order chi connectivity index (χ0) is 20.5. The average molecular weight is 397 g/mol. The minimum Gasteiger partial charge on any atom is -0.476 e. The van der Waals surface area contributed by atoms with Gasteiger partial charge in [-0.05, 0) is 38.3 Å². The third kappa shape index (κ3) is 6.44. The molecule has 1 saturated heterocycles. The van der Waals surface area contributed by atoms with Gasteiger partial charge in [-0.25, -0.2) is 4.98 Å². The molecule has 2 heterocycles. The van der Waals surface area contributed by atoms with Gasteiger partial charge in [0.15, 0.2) is 0 Å². The second-order valence-corrected chi connectivity index (χ2v) is 6.91. The Kier molecular flexibility index (Phi) is 7.38. The molecule has 2 amide bonds. The molecule has 0 bridgehead atoms. The fourth-order valence-electron chi connectivity index (χ4n) is 3.14. The van der Waals surface area contributed by atoms with Crippen molar-refractivity contribution in [1.29, 1.82) is 0 Å². The summed E-state index contributed by atoms with van der Waals surface area (Å²) in [4.78, 5) is 34.9. The highest BCUT2D eigenvalue weighted by molar-refractivity contribution is 5.96. The Morgan fingerprint density at radius 2 is 1.83 bits per heavy atom. The van der Waals surface area contributed by atoms with Gasteiger partial charge in [-0.15, -0.1) is 0 Å². The van der Waals surface area contributed by atoms with Gasteiger partial charge in [0.2, 0.25) is 11.8 Å². The summed E-state index contributed by atoms with van der Waals surface area (Å²) in [6.45, 7) is 4.37. The van der Waals surface area contributed by atoms with E-state index in [-0.39, 0.29) is 25.0 Å². The Balaban J connectivity index is 1.39. The number of nitrogens with zero attached hydrogens (tertiary/aromatic N) is 3. The Morgan fingerprint density at radius 1 is 1.07 bits per heavy atom. The number of hydrogen-bond acceptors (Lipinski definition) is 6. The lowest BCUT2D eigenvalue weighted by atomic mass is 10.1. The van der Waals surface area contributed by atoms with Crippen LogP contribution in [0, 0.1) is 6.92 Å². The predicted molar refractivity (Wildman–Crippen MR) is 110 cm³/mol. The van der Waals surface area contributed by atoms with E-state index in [1.54, 1.807) is 24.3 Å². The van der Waals surface area contributed by atoms with Crippen LogP contribution in [-0.2, 0) is 4.79 Å². The average Bonchev–Trinajstić information content (AvgIpc) is 2.76. The van der Waals surface area contributed by atoms with Gasteiger partial charge in [-0.1, -0.05) is 18.2 Å². The van der Waals surface area contributed by atoms with Crippen molar-refractivity contribution in [2.45, 2.75) is 26.2 Å². The highest BCUT2D eigenvalue weighted by Crippen LogP contribution is 2.21. The molecule has 0 aliphatic carbocycles. The predicted octanol–water partition coefficient (Wildman–Crippen LogP) is 1.70. The fourth-order valence-corrected chi connectivity index (χ4v) is 3.14. The second-order valence-electron chi connectivity index (χ2n) is 6.91. The Labute approximate surface area is 170 Å². The van der Waals surface area contributed by atoms with Crippen LogP contribution in [0.15, 0.2) is 36.4 Å². The van der Waals surface area contributed by atoms with Crippen LogP contribution in [0.2, 0.25) is 0 Å². The summed E-state index contributed by atoms with van der Waals surface area (Å²) in [6, 6.07) is 10.6. The van der Waals surface area contributed by atoms with Gasteiger partial charge in [-0.3, -0.25) is 9.59 Å². The van der Waals surface area contributed by atoms with Crippen LogP contribution in [0.4, 0.5) is 5.82 Å². The highest BCUT2D eigenvalue weighted by Gasteiger charge is 2.14. The van der Waals surface area contributed by atoms with Crippen LogP contribution in [0.1, 0.15) is 35.4 Å². The van der Waals surface area contributed by atoms with Crippen molar-refractivity contribution in [2.75, 3.05) is 37.7 Å². The molecule has 8 nitrogen and oxygen atoms in total. The normalized spacial score (nSPS) is 13.6. The minimum absolute atomic E-state index is 0.0839. The summed E-state index contributed by atoms with van der Waals surface area (Å²) in [7, 11) is 0. The molecule has 0 spiro atoms. The van der Waals surface area contributed by atoms with E-state index in [1.807, 2.05) is 19.1 Å². The maximum atomic E-state index is 11.9. The quantitative estimate of drug-likeness (QED) is 0.658. The van der Waals surface area contributed by atoms with Crippen LogP contribution < -0.4 is 20.3 Å². The number of piperidine rings is 1. The molecule has 0 unspecified atom stereocenters. The molecule has 1 aromatic heterocycles. The summed E-state index contributed by atoms with van der Waals surface area (Å²) in [6.07, 6.45) is 3.60. The number of anilines is 1. The topological polar surface area (TPSA) is 96.4 Å². The first-order valence-electron chi connectivity index (χ1n) is 9.95. The maximum Gasteiger partial charge on any atom is 0.251 e. The van der Waals surface area contributed by atoms with E-state index in [0.29, 0.717) is 23.8 Å². The van der Waals surface area contributed by atoms with E-state index in [0.717, 1.165) is 18.9 Å². The molecule has 29 heavy (non-hydrogen) atoms. The zero-order valence-electron chi connectivity index (χ0n) is 16.7. The third-order valence-corrected chi connectivity index (χ3v) is 4.60. The summed E-state index contributed by atoms with van der Waals surface area (Å²) in [5.74, 6) is 1.50. The van der Waals surface area contributed by atoms with E-state index in [4.69, 9.17) is 4.74 Å². The Bertz CT molecular complexity index is 822. The van der Waals surface area contributed by atoms with Gasteiger partial charge in [0.05, 0.1) is 13.1 Å². The fraction of sp³-hybridized carbons (Fsp3) is 0.429. The van der Waals surface area contributed by atoms with E-state index in [1.165, 1.54) is 19.3 Å². The smallest absolute Gasteiger partial charge is 0.251 e. The lowest BCUT2D eigenvalue weighted by Gasteiger charge is -2.28. The van der Waals surface area contributed by atoms with Gasteiger partial charge in [0, 0.05) is 24.7 Å². The van der Waals surface area contributed by atoms with Crippen molar-refractivity contribution in [3.63, 3.8) is 0 Å². The molecule has 1 fully saturated rings. The van der Waals surface area contributed by atoms with E-state index >= 15 is 0 Å². The number of carbonyl (C=O) groups excluding carboxylic acids is 2. The molecule has 2 N–H and O–H groups in total. The van der Waals surface area contributed by atoms with Crippen molar-refractivity contribution >= 4 is 17.6 Å². The largest absolute Gasteiger partial charge is 0.476 e. The number of amides is 2. The van der Waals surface area contributed by atoms with Crippen molar-refractivity contribution in [2.24, 2.45) is 0 Å². The highest BCUT2D eigenvalue weighted by atomic mass is 16.5. The second kappa shape index (κ2) is 10.4. The van der Waals surface area contributed by atoms with Crippen LogP contribution in [0.3, 0.4) is 0 Å². The van der Waals surface area contributed by atoms with Crippen molar-refractivity contribution in [3.8, 4) is 5.88 Å². The molecule has 154 valence electrons. The number of aryl methyl sites for hydroxylation is 1. The minimum atomic E-state index is -0.279. The van der Waals surface area contributed by atoms with Gasteiger partial charge in [0.1, 0.15) is 18.2 Å². The van der Waals surface area contributed by atoms with Crippen LogP contribution in [0.5, 0.6) is 5.88 Å². The Morgan fingerprint density at radius 3 is 2.59 bits per heavy atom. The van der Waals surface area contributed by atoms with Crippen molar-refractivity contribution in [3.05, 3.63) is 47.8 Å². The summed E-state index contributed by atoms with van der Waals surface area (Å²) in [5, 5.41) is 5.31. The molecule has 0 radical (unpaired) electrons. The maximum absolute atomic E-state index is 11.9. The van der Waals surface area contributed by atoms with Crippen molar-refractivity contribution < 1.29 is 14.3 Å². The van der Waals surface area contributed by atoms with E-state index in [2.05, 4.69) is 25.5 Å². The molecular formula is C21H27N5O3. The van der Waals surface area contributed by atoms with E-state index in [9.17, 15) is 9.59 Å². The van der Waals surface area contributed by atoms with Crippen molar-refractivity contribution in [1.82, 2.24) is 20.6 Å². The number of aromatic nitrogens is 2. The number of nitrogens with one attached hydrogen (secondary N) is 2. The lowest BCUT2D eigenvalue weighted by Crippen LogP contribution is -2.38. The molecule has 1 aliphatic heterocycles. The first-order valence-corrected chi connectivity index (χ1v) is 9.95. The van der Waals surface area contributed by atoms with Crippen LogP contribution in [-0.4, -0.2) is 54.6 Å². The summed E-state index contributed by atoms with van der Waals surface area (Å²) < 4.78 is 5.68. The summed E-state index contributed by atoms with van der Waals surface area (Å²) in [5.41, 5.74) is 0.521. The molecule has 3 rings (SSSR count). The third-order valence-electron chi connectivity index (χ3n) is 4.60. The number of rotatable bonds is 8. The van der Waals surface area contributed by atoms with E-state index < -0.39 is 0 Å². The van der Waals surface area contributed by atoms with Crippen LogP contribution in [0.25, 0.3) is 0 Å².